The number of carboxylic acid groups (broad SMARTS) is 2. The average molecular weight is 232 g/mol. The standard InChI is InChI=1S/C4H7NO4.C4H5NO2/c5-2(4(8)9)1-3(6)7;6-3-1-2-4(7)5-3/h2H,1,5H2,(H,6,7)(H,8,9);1-2H2,(H,5,6,7). The number of amides is 2. The minimum Gasteiger partial charge on any atom is -0.481 e. The van der Waals surface area contributed by atoms with E-state index in [1.54, 1.807) is 0 Å². The Morgan fingerprint density at radius 1 is 1.25 bits per heavy atom. The smallest absolute Gasteiger partial charge is 0.321 e. The first-order valence-corrected chi connectivity index (χ1v) is 4.35. The van der Waals surface area contributed by atoms with E-state index in [0.717, 1.165) is 0 Å². The minimum atomic E-state index is -1.29. The number of rotatable bonds is 3. The van der Waals surface area contributed by atoms with Gasteiger partial charge in [0, 0.05) is 12.8 Å². The highest BCUT2D eigenvalue weighted by Crippen LogP contribution is 1.95. The maximum atomic E-state index is 10.1. The highest BCUT2D eigenvalue weighted by atomic mass is 16.4. The summed E-state index contributed by atoms with van der Waals surface area (Å²) in [6, 6.07) is -1.29. The quantitative estimate of drug-likeness (QED) is 0.424. The van der Waals surface area contributed by atoms with E-state index in [2.05, 4.69) is 5.32 Å². The molecular weight excluding hydrogens is 220 g/mol. The molecular formula is C8H12N2O6. The van der Waals surface area contributed by atoms with Gasteiger partial charge in [0.1, 0.15) is 6.04 Å². The van der Waals surface area contributed by atoms with Crippen LogP contribution < -0.4 is 11.1 Å². The number of carbonyl (C=O) groups is 4. The van der Waals surface area contributed by atoms with Crippen molar-refractivity contribution in [1.82, 2.24) is 5.32 Å². The molecule has 0 aliphatic carbocycles. The Labute approximate surface area is 90.4 Å². The van der Waals surface area contributed by atoms with Gasteiger partial charge >= 0.3 is 11.9 Å². The summed E-state index contributed by atoms with van der Waals surface area (Å²) in [7, 11) is 0. The average Bonchev–Trinajstić information content (AvgIpc) is 2.49. The van der Waals surface area contributed by atoms with Crippen LogP contribution in [0.25, 0.3) is 0 Å². The lowest BCUT2D eigenvalue weighted by Gasteiger charge is -1.99. The van der Waals surface area contributed by atoms with E-state index in [4.69, 9.17) is 15.9 Å². The van der Waals surface area contributed by atoms with Crippen LogP contribution in [0.15, 0.2) is 0 Å². The third-order valence-electron chi connectivity index (χ3n) is 1.57. The summed E-state index contributed by atoms with van der Waals surface area (Å²) in [6.45, 7) is 0. The van der Waals surface area contributed by atoms with Crippen molar-refractivity contribution < 1.29 is 29.4 Å². The van der Waals surface area contributed by atoms with Crippen molar-refractivity contribution >= 4 is 23.8 Å². The lowest BCUT2D eigenvalue weighted by Crippen LogP contribution is -2.32. The topological polar surface area (TPSA) is 147 Å². The van der Waals surface area contributed by atoms with Crippen molar-refractivity contribution in [2.24, 2.45) is 5.73 Å². The number of imide groups is 1. The first-order valence-electron chi connectivity index (χ1n) is 4.35. The summed E-state index contributed by atoms with van der Waals surface area (Å²) in [5, 5.41) is 18.2. The zero-order valence-corrected chi connectivity index (χ0v) is 8.30. The molecule has 1 aliphatic heterocycles. The molecule has 8 heteroatoms. The van der Waals surface area contributed by atoms with Gasteiger partial charge in [0.05, 0.1) is 6.42 Å². The molecule has 1 rings (SSSR count). The molecule has 1 unspecified atom stereocenters. The van der Waals surface area contributed by atoms with Gasteiger partial charge in [0.25, 0.3) is 0 Å². The number of nitrogens with one attached hydrogen (secondary N) is 1. The van der Waals surface area contributed by atoms with Gasteiger partial charge in [0.2, 0.25) is 11.8 Å². The van der Waals surface area contributed by atoms with E-state index in [9.17, 15) is 19.2 Å². The van der Waals surface area contributed by atoms with Crippen LogP contribution in [0, 0.1) is 0 Å². The molecule has 5 N–H and O–H groups in total. The normalized spacial score (nSPS) is 15.8. The van der Waals surface area contributed by atoms with Crippen molar-refractivity contribution in [3.05, 3.63) is 0 Å². The van der Waals surface area contributed by atoms with E-state index in [1.807, 2.05) is 0 Å². The first-order chi connectivity index (χ1) is 7.32. The predicted octanol–water partition coefficient (Wildman–Crippen LogP) is -1.70. The maximum absolute atomic E-state index is 10.1. The third-order valence-corrected chi connectivity index (χ3v) is 1.57. The van der Waals surface area contributed by atoms with Crippen LogP contribution in [0.2, 0.25) is 0 Å². The molecule has 0 saturated carbocycles. The van der Waals surface area contributed by atoms with Crippen LogP contribution in [0.5, 0.6) is 0 Å². The Hall–Kier alpha value is -1.96. The SMILES string of the molecule is NC(CC(=O)O)C(=O)O.O=C1CCC(=O)N1. The van der Waals surface area contributed by atoms with Crippen molar-refractivity contribution in [2.75, 3.05) is 0 Å². The lowest BCUT2D eigenvalue weighted by atomic mass is 10.2. The molecule has 0 aromatic heterocycles. The number of hydrogen-bond donors (Lipinski definition) is 4. The molecule has 0 radical (unpaired) electrons. The van der Waals surface area contributed by atoms with E-state index in [1.165, 1.54) is 0 Å². The fourth-order valence-electron chi connectivity index (χ4n) is 0.783. The highest BCUT2D eigenvalue weighted by molar-refractivity contribution is 6.01. The second kappa shape index (κ2) is 6.51. The Kier molecular flexibility index (Phi) is 5.71. The minimum absolute atomic E-state index is 0.148. The summed E-state index contributed by atoms with van der Waals surface area (Å²) in [5.41, 5.74) is 4.84. The van der Waals surface area contributed by atoms with Gasteiger partial charge in [-0.3, -0.25) is 24.5 Å². The van der Waals surface area contributed by atoms with Gasteiger partial charge in [-0.15, -0.1) is 0 Å². The monoisotopic (exact) mass is 232 g/mol. The van der Waals surface area contributed by atoms with Crippen molar-refractivity contribution in [1.29, 1.82) is 0 Å². The molecule has 0 bridgehead atoms. The van der Waals surface area contributed by atoms with E-state index in [0.29, 0.717) is 12.8 Å². The number of hydrogen-bond acceptors (Lipinski definition) is 5. The lowest BCUT2D eigenvalue weighted by molar-refractivity contribution is -0.144. The van der Waals surface area contributed by atoms with Gasteiger partial charge in [-0.1, -0.05) is 0 Å². The molecule has 1 atom stereocenters. The second-order valence-corrected chi connectivity index (χ2v) is 3.01. The highest BCUT2D eigenvalue weighted by Gasteiger charge is 2.15. The molecule has 16 heavy (non-hydrogen) atoms. The van der Waals surface area contributed by atoms with Crippen LogP contribution in [-0.4, -0.2) is 40.0 Å². The molecule has 0 aromatic carbocycles. The van der Waals surface area contributed by atoms with Gasteiger partial charge in [-0.2, -0.15) is 0 Å². The van der Waals surface area contributed by atoms with Gasteiger partial charge in [-0.05, 0) is 0 Å². The van der Waals surface area contributed by atoms with Crippen LogP contribution in [0.4, 0.5) is 0 Å². The van der Waals surface area contributed by atoms with Gasteiger partial charge in [-0.25, -0.2) is 0 Å². The Bertz CT molecular complexity index is 300. The van der Waals surface area contributed by atoms with Crippen LogP contribution in [-0.2, 0) is 19.2 Å². The summed E-state index contributed by atoms with van der Waals surface area (Å²) in [6.07, 6.45) is 0.215. The third kappa shape index (κ3) is 6.49. The maximum Gasteiger partial charge on any atom is 0.321 e. The van der Waals surface area contributed by atoms with Gasteiger partial charge < -0.3 is 15.9 Å². The zero-order chi connectivity index (χ0) is 12.7. The van der Waals surface area contributed by atoms with E-state index >= 15 is 0 Å². The number of carboxylic acids is 2. The molecule has 2 amide bonds. The van der Waals surface area contributed by atoms with E-state index in [-0.39, 0.29) is 11.8 Å². The second-order valence-electron chi connectivity index (χ2n) is 3.01. The van der Waals surface area contributed by atoms with Crippen molar-refractivity contribution in [2.45, 2.75) is 25.3 Å². The van der Waals surface area contributed by atoms with Crippen LogP contribution in [0.3, 0.4) is 0 Å². The summed E-state index contributed by atoms with van der Waals surface area (Å²) < 4.78 is 0. The molecule has 1 fully saturated rings. The summed E-state index contributed by atoms with van der Waals surface area (Å²) in [4.78, 5) is 39.9. The molecule has 1 heterocycles. The first kappa shape index (κ1) is 14.0. The molecule has 0 aromatic rings. The number of nitrogens with two attached hydrogens (primary N) is 1. The number of aliphatic carboxylic acids is 2. The largest absolute Gasteiger partial charge is 0.481 e. The summed E-state index contributed by atoms with van der Waals surface area (Å²) in [5.74, 6) is -2.79. The van der Waals surface area contributed by atoms with Crippen LogP contribution in [0.1, 0.15) is 19.3 Å². The molecule has 0 spiro atoms. The Morgan fingerprint density at radius 3 is 1.81 bits per heavy atom. The summed E-state index contributed by atoms with van der Waals surface area (Å²) >= 11 is 0. The van der Waals surface area contributed by atoms with Crippen molar-refractivity contribution in [3.8, 4) is 0 Å². The molecule has 1 saturated heterocycles. The number of carbonyl (C=O) groups excluding carboxylic acids is 2. The Balaban J connectivity index is 0.000000288. The fourth-order valence-corrected chi connectivity index (χ4v) is 0.783. The predicted molar refractivity (Wildman–Crippen MR) is 50.2 cm³/mol. The van der Waals surface area contributed by atoms with E-state index < -0.39 is 24.4 Å². The molecule has 8 nitrogen and oxygen atoms in total. The van der Waals surface area contributed by atoms with Crippen LogP contribution >= 0.6 is 0 Å². The van der Waals surface area contributed by atoms with Gasteiger partial charge in [0.15, 0.2) is 0 Å². The fraction of sp³-hybridized carbons (Fsp3) is 0.500. The zero-order valence-electron chi connectivity index (χ0n) is 8.30. The molecule has 1 aliphatic rings. The Morgan fingerprint density at radius 2 is 1.69 bits per heavy atom. The van der Waals surface area contributed by atoms with Crippen molar-refractivity contribution in [3.63, 3.8) is 0 Å². The molecule has 90 valence electrons.